The molecule has 5 nitrogen and oxygen atoms in total. The molecule has 0 aliphatic rings. The number of para-hydroxylation sites is 1. The molecule has 2 aromatic rings. The number of hydrogen-bond donors (Lipinski definition) is 1. The van der Waals surface area contributed by atoms with Crippen LogP contribution < -0.4 is 0 Å². The van der Waals surface area contributed by atoms with Crippen molar-refractivity contribution in [1.82, 2.24) is 9.88 Å². The number of carbonyl (C=O) groups is 2. The third-order valence-electron chi connectivity index (χ3n) is 3.08. The van der Waals surface area contributed by atoms with Crippen LogP contribution in [0.4, 0.5) is 0 Å². The lowest BCUT2D eigenvalue weighted by molar-refractivity contribution is -0.137. The van der Waals surface area contributed by atoms with Gasteiger partial charge in [0.2, 0.25) is 0 Å². The third-order valence-corrected chi connectivity index (χ3v) is 3.08. The number of nitrogens with zero attached hydrogens (tertiary/aromatic N) is 2. The number of aromatic nitrogens is 1. The van der Waals surface area contributed by atoms with Gasteiger partial charge in [0.1, 0.15) is 6.54 Å². The molecular weight excluding hydrogens is 268 g/mol. The second-order valence-corrected chi connectivity index (χ2v) is 5.35. The zero-order chi connectivity index (χ0) is 15.4. The highest BCUT2D eigenvalue weighted by Gasteiger charge is 2.21. The molecule has 0 atom stereocenters. The first-order valence-corrected chi connectivity index (χ1v) is 6.84. The third kappa shape index (κ3) is 3.56. The Morgan fingerprint density at radius 3 is 2.62 bits per heavy atom. The summed E-state index contributed by atoms with van der Waals surface area (Å²) in [5.41, 5.74) is 1.21. The van der Waals surface area contributed by atoms with Gasteiger partial charge in [-0.3, -0.25) is 14.6 Å². The number of benzene rings is 1. The largest absolute Gasteiger partial charge is 0.480 e. The minimum Gasteiger partial charge on any atom is -0.480 e. The maximum Gasteiger partial charge on any atom is 0.323 e. The van der Waals surface area contributed by atoms with Crippen molar-refractivity contribution in [3.8, 4) is 0 Å². The Balaban J connectivity index is 2.40. The van der Waals surface area contributed by atoms with Crippen molar-refractivity contribution in [2.75, 3.05) is 13.1 Å². The molecule has 1 aromatic carbocycles. The average molecular weight is 286 g/mol. The molecule has 1 aromatic heterocycles. The fourth-order valence-corrected chi connectivity index (χ4v) is 2.28. The van der Waals surface area contributed by atoms with Gasteiger partial charge in [-0.2, -0.15) is 0 Å². The van der Waals surface area contributed by atoms with Crippen LogP contribution in [-0.2, 0) is 4.79 Å². The first kappa shape index (κ1) is 15.0. The van der Waals surface area contributed by atoms with Crippen molar-refractivity contribution in [3.63, 3.8) is 0 Å². The van der Waals surface area contributed by atoms with Crippen LogP contribution in [0.15, 0.2) is 36.5 Å². The smallest absolute Gasteiger partial charge is 0.323 e. The van der Waals surface area contributed by atoms with E-state index >= 15 is 0 Å². The van der Waals surface area contributed by atoms with Crippen LogP contribution in [0.2, 0.25) is 0 Å². The minimum atomic E-state index is -1.01. The summed E-state index contributed by atoms with van der Waals surface area (Å²) in [5.74, 6) is -1.09. The highest BCUT2D eigenvalue weighted by Crippen LogP contribution is 2.18. The van der Waals surface area contributed by atoms with E-state index in [1.54, 1.807) is 12.3 Å². The van der Waals surface area contributed by atoms with Gasteiger partial charge in [-0.1, -0.05) is 32.0 Å². The number of carboxylic acids is 1. The van der Waals surface area contributed by atoms with Crippen molar-refractivity contribution in [3.05, 3.63) is 42.1 Å². The maximum atomic E-state index is 12.7. The van der Waals surface area contributed by atoms with E-state index in [-0.39, 0.29) is 18.4 Å². The van der Waals surface area contributed by atoms with Crippen molar-refractivity contribution in [2.24, 2.45) is 5.92 Å². The number of carbonyl (C=O) groups excluding carboxylic acids is 1. The number of aliphatic carboxylic acids is 1. The van der Waals surface area contributed by atoms with Gasteiger partial charge in [0.05, 0.1) is 11.1 Å². The fraction of sp³-hybridized carbons (Fsp3) is 0.312. The average Bonchev–Trinajstić information content (AvgIpc) is 2.44. The van der Waals surface area contributed by atoms with E-state index in [1.807, 2.05) is 38.1 Å². The van der Waals surface area contributed by atoms with Crippen LogP contribution in [0.5, 0.6) is 0 Å². The molecule has 0 aliphatic heterocycles. The van der Waals surface area contributed by atoms with Gasteiger partial charge in [0.25, 0.3) is 5.91 Å². The number of hydrogen-bond acceptors (Lipinski definition) is 3. The number of amides is 1. The van der Waals surface area contributed by atoms with E-state index in [4.69, 9.17) is 5.11 Å². The lowest BCUT2D eigenvalue weighted by atomic mass is 10.1. The summed E-state index contributed by atoms with van der Waals surface area (Å²) < 4.78 is 0. The van der Waals surface area contributed by atoms with Gasteiger partial charge in [-0.05, 0) is 18.1 Å². The first-order chi connectivity index (χ1) is 9.99. The van der Waals surface area contributed by atoms with Crippen molar-refractivity contribution in [1.29, 1.82) is 0 Å². The second-order valence-electron chi connectivity index (χ2n) is 5.35. The minimum absolute atomic E-state index is 0.196. The van der Waals surface area contributed by atoms with E-state index in [0.29, 0.717) is 12.1 Å². The molecule has 1 N–H and O–H groups in total. The Morgan fingerprint density at radius 2 is 1.95 bits per heavy atom. The van der Waals surface area contributed by atoms with E-state index < -0.39 is 5.97 Å². The topological polar surface area (TPSA) is 70.5 Å². The highest BCUT2D eigenvalue weighted by molar-refractivity contribution is 6.06. The number of fused-ring (bicyclic) bond motifs is 1. The number of rotatable bonds is 5. The normalized spacial score (nSPS) is 10.8. The van der Waals surface area contributed by atoms with Crippen molar-refractivity contribution >= 4 is 22.8 Å². The SMILES string of the molecule is CC(C)CN(CC(=O)O)C(=O)c1ccnc2ccccc12. The van der Waals surface area contributed by atoms with Crippen LogP contribution >= 0.6 is 0 Å². The number of pyridine rings is 1. The molecular formula is C16H18N2O3. The summed E-state index contributed by atoms with van der Waals surface area (Å²) in [4.78, 5) is 29.2. The van der Waals surface area contributed by atoms with Crippen LogP contribution in [0.25, 0.3) is 10.9 Å². The fourth-order valence-electron chi connectivity index (χ4n) is 2.28. The van der Waals surface area contributed by atoms with Gasteiger partial charge in [0.15, 0.2) is 0 Å². The van der Waals surface area contributed by atoms with Crippen LogP contribution in [0.3, 0.4) is 0 Å². The van der Waals surface area contributed by atoms with E-state index in [9.17, 15) is 9.59 Å². The molecule has 21 heavy (non-hydrogen) atoms. The molecule has 0 saturated heterocycles. The maximum absolute atomic E-state index is 12.7. The Kier molecular flexibility index (Phi) is 4.52. The Morgan fingerprint density at radius 1 is 1.24 bits per heavy atom. The summed E-state index contributed by atoms with van der Waals surface area (Å²) in [6, 6.07) is 8.98. The van der Waals surface area contributed by atoms with E-state index in [2.05, 4.69) is 4.98 Å². The van der Waals surface area contributed by atoms with Gasteiger partial charge in [0, 0.05) is 18.1 Å². The second kappa shape index (κ2) is 6.35. The zero-order valence-corrected chi connectivity index (χ0v) is 12.1. The van der Waals surface area contributed by atoms with Crippen molar-refractivity contribution < 1.29 is 14.7 Å². The van der Waals surface area contributed by atoms with Crippen LogP contribution in [0, 0.1) is 5.92 Å². The lowest BCUT2D eigenvalue weighted by Crippen LogP contribution is -2.38. The summed E-state index contributed by atoms with van der Waals surface area (Å²) in [6.45, 7) is 4.01. The van der Waals surface area contributed by atoms with Gasteiger partial charge in [-0.25, -0.2) is 0 Å². The predicted octanol–water partition coefficient (Wildman–Crippen LogP) is 2.42. The predicted molar refractivity (Wildman–Crippen MR) is 80.1 cm³/mol. The first-order valence-electron chi connectivity index (χ1n) is 6.84. The summed E-state index contributed by atoms with van der Waals surface area (Å²) in [6.07, 6.45) is 1.57. The quantitative estimate of drug-likeness (QED) is 0.916. The zero-order valence-electron chi connectivity index (χ0n) is 12.1. The Labute approximate surface area is 123 Å². The number of carboxylic acid groups (broad SMARTS) is 1. The molecule has 1 heterocycles. The molecule has 2 rings (SSSR count). The van der Waals surface area contributed by atoms with E-state index in [0.717, 1.165) is 10.9 Å². The molecule has 110 valence electrons. The molecule has 5 heteroatoms. The van der Waals surface area contributed by atoms with E-state index in [1.165, 1.54) is 4.90 Å². The molecule has 0 unspecified atom stereocenters. The highest BCUT2D eigenvalue weighted by atomic mass is 16.4. The lowest BCUT2D eigenvalue weighted by Gasteiger charge is -2.23. The molecule has 0 radical (unpaired) electrons. The molecule has 0 fully saturated rings. The molecule has 0 bridgehead atoms. The summed E-state index contributed by atoms with van der Waals surface area (Å²) in [7, 11) is 0. The Hall–Kier alpha value is -2.43. The molecule has 0 spiro atoms. The van der Waals surface area contributed by atoms with Crippen LogP contribution in [0.1, 0.15) is 24.2 Å². The summed E-state index contributed by atoms with van der Waals surface area (Å²) >= 11 is 0. The Bertz CT molecular complexity index is 662. The monoisotopic (exact) mass is 286 g/mol. The molecule has 1 amide bonds. The molecule has 0 saturated carbocycles. The van der Waals surface area contributed by atoms with Gasteiger partial charge < -0.3 is 10.0 Å². The molecule has 0 aliphatic carbocycles. The van der Waals surface area contributed by atoms with Crippen LogP contribution in [-0.4, -0.2) is 40.0 Å². The standard InChI is InChI=1S/C16H18N2O3/c1-11(2)9-18(10-15(19)20)16(21)13-7-8-17-14-6-4-3-5-12(13)14/h3-8,11H,9-10H2,1-2H3,(H,19,20). The van der Waals surface area contributed by atoms with Gasteiger partial charge in [-0.15, -0.1) is 0 Å². The van der Waals surface area contributed by atoms with Crippen molar-refractivity contribution in [2.45, 2.75) is 13.8 Å². The van der Waals surface area contributed by atoms with Gasteiger partial charge >= 0.3 is 5.97 Å². The summed E-state index contributed by atoms with van der Waals surface area (Å²) in [5, 5.41) is 9.74.